The summed E-state index contributed by atoms with van der Waals surface area (Å²) in [5.41, 5.74) is 3.31. The minimum atomic E-state index is -2.05. The Morgan fingerprint density at radius 1 is 1.21 bits per heavy atom. The number of ketones is 1. The number of fused-ring (bicyclic) bond motifs is 1. The van der Waals surface area contributed by atoms with Crippen LogP contribution in [0.4, 0.5) is 0 Å². The molecule has 1 N–H and O–H groups in total. The van der Waals surface area contributed by atoms with Crippen molar-refractivity contribution in [2.75, 3.05) is 6.61 Å². The van der Waals surface area contributed by atoms with Crippen molar-refractivity contribution >= 4 is 25.2 Å². The molecule has 1 aliphatic rings. The molecule has 5 unspecified atom stereocenters. The average molecular weight is 670 g/mol. The third-order valence-corrected chi connectivity index (χ3v) is 15.0. The second-order valence-corrected chi connectivity index (χ2v) is 21.1. The van der Waals surface area contributed by atoms with Crippen LogP contribution in [-0.4, -0.2) is 48.8 Å². The molecule has 2 aromatic rings. The number of carbonyl (C=O) groups excluding carboxylic acids is 1. The van der Waals surface area contributed by atoms with Gasteiger partial charge in [0.25, 0.3) is 0 Å². The first kappa shape index (κ1) is 39.3. The number of hydrogen-bond acceptors (Lipinski definition) is 7. The Morgan fingerprint density at radius 3 is 2.51 bits per heavy atom. The lowest BCUT2D eigenvalue weighted by atomic mass is 9.71. The molecule has 0 aliphatic carbocycles. The van der Waals surface area contributed by atoms with Gasteiger partial charge in [-0.1, -0.05) is 65.3 Å². The van der Waals surface area contributed by atoms with Gasteiger partial charge in [-0.05, 0) is 101 Å². The summed E-state index contributed by atoms with van der Waals surface area (Å²) in [5.74, 6) is -0.598. The number of aliphatic hydroxyl groups is 1. The Labute approximate surface area is 285 Å². The molecule has 1 aromatic carbocycles. The van der Waals surface area contributed by atoms with Gasteiger partial charge in [0.1, 0.15) is 11.3 Å². The van der Waals surface area contributed by atoms with Crippen molar-refractivity contribution in [2.24, 2.45) is 17.3 Å². The van der Waals surface area contributed by atoms with E-state index in [9.17, 15) is 9.90 Å². The lowest BCUT2D eigenvalue weighted by molar-refractivity contribution is -0.289. The summed E-state index contributed by atoms with van der Waals surface area (Å²) in [4.78, 5) is 18.5. The normalized spacial score (nSPS) is 20.5. The van der Waals surface area contributed by atoms with Crippen molar-refractivity contribution in [1.29, 1.82) is 0 Å². The molecule has 5 atom stereocenters. The topological polar surface area (TPSA) is 91.0 Å². The van der Waals surface area contributed by atoms with Gasteiger partial charge >= 0.3 is 0 Å². The number of aromatic nitrogens is 1. The molecular weight excluding hydrogens is 607 g/mol. The highest BCUT2D eigenvalue weighted by atomic mass is 28.4. The zero-order chi connectivity index (χ0) is 35.4. The highest BCUT2D eigenvalue weighted by molar-refractivity contribution is 6.74. The molecule has 0 amide bonds. The van der Waals surface area contributed by atoms with E-state index in [2.05, 4.69) is 77.5 Å². The van der Waals surface area contributed by atoms with E-state index in [0.717, 1.165) is 42.3 Å². The van der Waals surface area contributed by atoms with Crippen LogP contribution in [-0.2, 0) is 18.7 Å². The lowest BCUT2D eigenvalue weighted by Crippen LogP contribution is -2.52. The molecule has 7 nitrogen and oxygen atoms in total. The summed E-state index contributed by atoms with van der Waals surface area (Å²) < 4.78 is 24.6. The summed E-state index contributed by atoms with van der Waals surface area (Å²) in [7, 11) is -2.05. The Hall–Kier alpha value is -2.10. The molecule has 3 rings (SSSR count). The molecule has 8 heteroatoms. The molecule has 47 heavy (non-hydrogen) atoms. The molecule has 0 saturated carbocycles. The Bertz CT molecular complexity index is 1380. The number of benzene rings is 1. The van der Waals surface area contributed by atoms with Crippen molar-refractivity contribution < 1.29 is 28.2 Å². The predicted molar refractivity (Wildman–Crippen MR) is 194 cm³/mol. The van der Waals surface area contributed by atoms with Crippen molar-refractivity contribution in [3.8, 4) is 0 Å². The van der Waals surface area contributed by atoms with Crippen LogP contribution in [0.3, 0.4) is 0 Å². The standard InChI is InChI=1S/C39H63NO6Si/c1-14-16-30(36(42)38(8,9)34-23-24-43-39(10,11)45-34)35(41)27(3)18-15-17-26(2)19-21-32(46-47(12,13)37(5,6)7)29-20-22-33-31(25-29)40-28(4)44-33/h14,19-20,22,25,27,30,32,34-35,41H,1,15-18,21,23-24H2,2-13H3. The monoisotopic (exact) mass is 669 g/mol. The molecule has 1 aliphatic heterocycles. The molecule has 1 aromatic heterocycles. The maximum Gasteiger partial charge on any atom is 0.192 e. The van der Waals surface area contributed by atoms with E-state index in [4.69, 9.17) is 18.3 Å². The van der Waals surface area contributed by atoms with Crippen LogP contribution >= 0.6 is 0 Å². The fraction of sp³-hybridized carbons (Fsp3) is 0.692. The van der Waals surface area contributed by atoms with E-state index in [-0.39, 0.29) is 28.9 Å². The van der Waals surface area contributed by atoms with Gasteiger partial charge in [-0.3, -0.25) is 4.79 Å². The number of aliphatic hydroxyl groups excluding tert-OH is 1. The van der Waals surface area contributed by atoms with Crippen molar-refractivity contribution in [3.63, 3.8) is 0 Å². The summed E-state index contributed by atoms with van der Waals surface area (Å²) in [6, 6.07) is 6.21. The van der Waals surface area contributed by atoms with Gasteiger partial charge in [0.05, 0.1) is 30.3 Å². The molecule has 0 spiro atoms. The first-order valence-corrected chi connectivity index (χ1v) is 20.4. The van der Waals surface area contributed by atoms with Crippen molar-refractivity contribution in [1.82, 2.24) is 4.98 Å². The SMILES string of the molecule is C=CCC(C(=O)C(C)(C)C1CCOC(C)(C)O1)C(O)C(C)CCCC(C)=CCC(O[Si](C)(C)C(C)(C)C)c1ccc2oc(C)nc2c1. The van der Waals surface area contributed by atoms with Crippen LogP contribution in [0, 0.1) is 24.2 Å². The molecule has 1 saturated heterocycles. The van der Waals surface area contributed by atoms with Gasteiger partial charge in [0.2, 0.25) is 0 Å². The number of allylic oxidation sites excluding steroid dienone is 2. The van der Waals surface area contributed by atoms with Gasteiger partial charge in [0, 0.05) is 12.8 Å². The van der Waals surface area contributed by atoms with Crippen molar-refractivity contribution in [3.05, 3.63) is 54.0 Å². The van der Waals surface area contributed by atoms with E-state index >= 15 is 0 Å². The Morgan fingerprint density at radius 2 is 1.89 bits per heavy atom. The number of nitrogens with zero attached hydrogens (tertiary/aromatic N) is 1. The average Bonchev–Trinajstić information content (AvgIpc) is 3.35. The third kappa shape index (κ3) is 10.2. The minimum absolute atomic E-state index is 0.0299. The number of oxazole rings is 1. The van der Waals surface area contributed by atoms with Gasteiger partial charge < -0.3 is 23.4 Å². The summed E-state index contributed by atoms with van der Waals surface area (Å²) in [6.45, 7) is 29.6. The van der Waals surface area contributed by atoms with Crippen LogP contribution in [0.15, 0.2) is 46.9 Å². The Balaban J connectivity index is 1.66. The summed E-state index contributed by atoms with van der Waals surface area (Å²) >= 11 is 0. The molecule has 1 fully saturated rings. The largest absolute Gasteiger partial charge is 0.441 e. The maximum atomic E-state index is 13.9. The van der Waals surface area contributed by atoms with Gasteiger partial charge in [-0.15, -0.1) is 6.58 Å². The van der Waals surface area contributed by atoms with E-state index in [1.807, 2.05) is 40.7 Å². The van der Waals surface area contributed by atoms with Crippen LogP contribution in [0.2, 0.25) is 18.1 Å². The minimum Gasteiger partial charge on any atom is -0.441 e. The second kappa shape index (κ2) is 15.6. The van der Waals surface area contributed by atoms with Crippen LogP contribution in [0.5, 0.6) is 0 Å². The second-order valence-electron chi connectivity index (χ2n) is 16.3. The maximum absolute atomic E-state index is 13.9. The lowest BCUT2D eigenvalue weighted by Gasteiger charge is -2.44. The van der Waals surface area contributed by atoms with Crippen LogP contribution in [0.1, 0.15) is 118 Å². The van der Waals surface area contributed by atoms with Gasteiger partial charge in [-0.25, -0.2) is 4.98 Å². The number of aryl methyl sites for hydroxylation is 1. The fourth-order valence-corrected chi connectivity index (χ4v) is 7.60. The number of ether oxygens (including phenoxy) is 2. The quantitative estimate of drug-likeness (QED) is 0.140. The number of rotatable bonds is 16. The Kier molecular flexibility index (Phi) is 13.1. The molecule has 0 radical (unpaired) electrons. The zero-order valence-electron chi connectivity index (χ0n) is 31.4. The van der Waals surface area contributed by atoms with Gasteiger partial charge in [0.15, 0.2) is 25.6 Å². The zero-order valence-corrected chi connectivity index (χ0v) is 32.4. The fourth-order valence-electron chi connectivity index (χ4n) is 6.30. The van der Waals surface area contributed by atoms with E-state index in [1.165, 1.54) is 5.57 Å². The highest BCUT2D eigenvalue weighted by Crippen LogP contribution is 2.42. The number of carbonyl (C=O) groups is 1. The van der Waals surface area contributed by atoms with E-state index < -0.39 is 31.5 Å². The smallest absolute Gasteiger partial charge is 0.192 e. The van der Waals surface area contributed by atoms with E-state index in [1.54, 1.807) is 6.08 Å². The number of Topliss-reactive ketones (excluding diaryl/α,β-unsaturated/α-hetero) is 1. The van der Waals surface area contributed by atoms with Crippen molar-refractivity contribution in [2.45, 2.75) is 150 Å². The first-order chi connectivity index (χ1) is 21.7. The predicted octanol–water partition coefficient (Wildman–Crippen LogP) is 10.0. The third-order valence-electron chi connectivity index (χ3n) is 10.5. The van der Waals surface area contributed by atoms with Gasteiger partial charge in [-0.2, -0.15) is 0 Å². The van der Waals surface area contributed by atoms with Crippen LogP contribution < -0.4 is 0 Å². The first-order valence-electron chi connectivity index (χ1n) is 17.5. The highest BCUT2D eigenvalue weighted by Gasteiger charge is 2.47. The summed E-state index contributed by atoms with van der Waals surface area (Å²) in [6.07, 6.45) is 7.48. The number of hydrogen-bond donors (Lipinski definition) is 1. The molecule has 2 heterocycles. The summed E-state index contributed by atoms with van der Waals surface area (Å²) in [5, 5.41) is 11.6. The van der Waals surface area contributed by atoms with Crippen LogP contribution in [0.25, 0.3) is 11.1 Å². The van der Waals surface area contributed by atoms with E-state index in [0.29, 0.717) is 25.3 Å². The molecular formula is C39H63NO6Si. The molecule has 0 bridgehead atoms. The molecule has 264 valence electrons.